The van der Waals surface area contributed by atoms with E-state index in [1.165, 1.54) is 11.3 Å². The third-order valence-corrected chi connectivity index (χ3v) is 3.24. The van der Waals surface area contributed by atoms with Gasteiger partial charge >= 0.3 is 0 Å². The van der Waals surface area contributed by atoms with Crippen LogP contribution >= 0.6 is 22.9 Å². The Morgan fingerprint density at radius 3 is 2.88 bits per heavy atom. The molecule has 0 bridgehead atoms. The van der Waals surface area contributed by atoms with E-state index < -0.39 is 5.91 Å². The van der Waals surface area contributed by atoms with Gasteiger partial charge < -0.3 is 10.5 Å². The van der Waals surface area contributed by atoms with E-state index in [4.69, 9.17) is 22.1 Å². The summed E-state index contributed by atoms with van der Waals surface area (Å²) in [5.74, 6) is 0.109. The summed E-state index contributed by atoms with van der Waals surface area (Å²) in [6.07, 6.45) is 0. The van der Waals surface area contributed by atoms with E-state index in [0.717, 1.165) is 5.56 Å². The Morgan fingerprint density at radius 2 is 2.29 bits per heavy atom. The zero-order valence-electron chi connectivity index (χ0n) is 8.94. The number of hydrogen-bond acceptors (Lipinski definition) is 4. The molecular weight excluding hydrogens is 260 g/mol. The Balaban J connectivity index is 2.51. The highest BCUT2D eigenvalue weighted by Gasteiger charge is 2.12. The molecule has 2 N–H and O–H groups in total. The summed E-state index contributed by atoms with van der Waals surface area (Å²) < 4.78 is 5.21. The van der Waals surface area contributed by atoms with Crippen LogP contribution in [0.3, 0.4) is 0 Å². The van der Waals surface area contributed by atoms with Crippen LogP contribution in [0, 0.1) is 0 Å². The second-order valence-corrected chi connectivity index (χ2v) is 4.54. The number of rotatable bonds is 3. The zero-order valence-corrected chi connectivity index (χ0v) is 10.5. The first-order valence-electron chi connectivity index (χ1n) is 4.71. The van der Waals surface area contributed by atoms with E-state index in [1.54, 1.807) is 30.7 Å². The minimum absolute atomic E-state index is 0.266. The minimum atomic E-state index is -0.540. The van der Waals surface area contributed by atoms with Gasteiger partial charge in [-0.25, -0.2) is 4.98 Å². The first kappa shape index (κ1) is 11.9. The normalized spacial score (nSPS) is 10.2. The van der Waals surface area contributed by atoms with Crippen molar-refractivity contribution < 1.29 is 9.53 Å². The first-order valence-corrected chi connectivity index (χ1v) is 5.97. The lowest BCUT2D eigenvalue weighted by molar-refractivity contribution is 0.1000. The van der Waals surface area contributed by atoms with Gasteiger partial charge in [0.05, 0.1) is 12.8 Å². The summed E-state index contributed by atoms with van der Waals surface area (Å²) in [6, 6.07) is 5.21. The molecule has 1 aromatic carbocycles. The molecule has 0 unspecified atom stereocenters. The largest absolute Gasteiger partial charge is 0.496 e. The number of primary amides is 1. The molecule has 0 radical (unpaired) electrons. The van der Waals surface area contributed by atoms with E-state index >= 15 is 0 Å². The van der Waals surface area contributed by atoms with Crippen molar-refractivity contribution in [2.24, 2.45) is 5.73 Å². The second kappa shape index (κ2) is 4.73. The maximum absolute atomic E-state index is 11.0. The maximum Gasteiger partial charge on any atom is 0.277 e. The molecule has 6 heteroatoms. The standard InChI is InChI=1S/C11H9ClN2O2S/c1-16-9-3-2-6(12)4-7(9)8-5-17-11(14-8)10(13)15/h2-5H,1H3,(H2,13,15). The van der Waals surface area contributed by atoms with Crippen LogP contribution in [0.5, 0.6) is 5.75 Å². The van der Waals surface area contributed by atoms with Crippen molar-refractivity contribution in [1.29, 1.82) is 0 Å². The van der Waals surface area contributed by atoms with E-state index in [0.29, 0.717) is 16.5 Å². The molecule has 2 aromatic rings. The number of nitrogens with zero attached hydrogens (tertiary/aromatic N) is 1. The number of methoxy groups -OCH3 is 1. The minimum Gasteiger partial charge on any atom is -0.496 e. The first-order chi connectivity index (χ1) is 8.11. The lowest BCUT2D eigenvalue weighted by Gasteiger charge is -2.06. The molecule has 0 atom stereocenters. The molecule has 4 nitrogen and oxygen atoms in total. The third kappa shape index (κ3) is 2.40. The number of carbonyl (C=O) groups excluding carboxylic acids is 1. The number of aromatic nitrogens is 1. The molecule has 1 aromatic heterocycles. The highest BCUT2D eigenvalue weighted by Crippen LogP contribution is 2.32. The topological polar surface area (TPSA) is 65.2 Å². The molecule has 0 fully saturated rings. The fourth-order valence-electron chi connectivity index (χ4n) is 1.39. The monoisotopic (exact) mass is 268 g/mol. The number of amides is 1. The van der Waals surface area contributed by atoms with Crippen LogP contribution in [0.4, 0.5) is 0 Å². The fraction of sp³-hybridized carbons (Fsp3) is 0.0909. The SMILES string of the molecule is COc1ccc(Cl)cc1-c1csc(C(N)=O)n1. The number of ether oxygens (including phenoxy) is 1. The number of benzene rings is 1. The van der Waals surface area contributed by atoms with Gasteiger partial charge in [0, 0.05) is 16.0 Å². The predicted octanol–water partition coefficient (Wildman–Crippen LogP) is 2.57. The van der Waals surface area contributed by atoms with Crippen molar-refractivity contribution in [3.63, 3.8) is 0 Å². The lowest BCUT2D eigenvalue weighted by Crippen LogP contribution is -2.10. The Bertz CT molecular complexity index is 568. The summed E-state index contributed by atoms with van der Waals surface area (Å²) in [4.78, 5) is 15.1. The van der Waals surface area contributed by atoms with Crippen LogP contribution in [0.15, 0.2) is 23.6 Å². The zero-order chi connectivity index (χ0) is 12.4. The summed E-state index contributed by atoms with van der Waals surface area (Å²) in [6.45, 7) is 0. The summed E-state index contributed by atoms with van der Waals surface area (Å²) in [7, 11) is 1.56. The van der Waals surface area contributed by atoms with Crippen molar-refractivity contribution in [3.05, 3.63) is 33.6 Å². The second-order valence-electron chi connectivity index (χ2n) is 3.25. The van der Waals surface area contributed by atoms with Crippen LogP contribution in [0.25, 0.3) is 11.3 Å². The van der Waals surface area contributed by atoms with E-state index in [2.05, 4.69) is 4.98 Å². The van der Waals surface area contributed by atoms with Gasteiger partial charge in [-0.1, -0.05) is 11.6 Å². The molecule has 0 saturated heterocycles. The van der Waals surface area contributed by atoms with Crippen LogP contribution in [0.2, 0.25) is 5.02 Å². The molecule has 0 saturated carbocycles. The highest BCUT2D eigenvalue weighted by atomic mass is 35.5. The molecule has 0 aliphatic rings. The van der Waals surface area contributed by atoms with Gasteiger partial charge in [0.2, 0.25) is 0 Å². The molecular formula is C11H9ClN2O2S. The number of thiazole rings is 1. The Labute approximate surface area is 107 Å². The maximum atomic E-state index is 11.0. The van der Waals surface area contributed by atoms with Gasteiger partial charge in [0.25, 0.3) is 5.91 Å². The lowest BCUT2D eigenvalue weighted by atomic mass is 10.1. The van der Waals surface area contributed by atoms with Gasteiger partial charge in [-0.15, -0.1) is 11.3 Å². The molecule has 0 aliphatic carbocycles. The van der Waals surface area contributed by atoms with Gasteiger partial charge in [0.15, 0.2) is 5.01 Å². The molecule has 1 amide bonds. The van der Waals surface area contributed by atoms with Crippen LogP contribution in [0.1, 0.15) is 9.80 Å². The number of halogens is 1. The molecule has 2 rings (SSSR count). The van der Waals surface area contributed by atoms with Crippen molar-refractivity contribution >= 4 is 28.8 Å². The number of carbonyl (C=O) groups is 1. The van der Waals surface area contributed by atoms with Crippen molar-refractivity contribution in [1.82, 2.24) is 4.98 Å². The molecule has 17 heavy (non-hydrogen) atoms. The number of nitrogens with two attached hydrogens (primary N) is 1. The van der Waals surface area contributed by atoms with E-state index in [1.807, 2.05) is 0 Å². The van der Waals surface area contributed by atoms with E-state index in [-0.39, 0.29) is 5.01 Å². The third-order valence-electron chi connectivity index (χ3n) is 2.15. The number of hydrogen-bond donors (Lipinski definition) is 1. The van der Waals surface area contributed by atoms with Gasteiger partial charge in [-0.2, -0.15) is 0 Å². The molecule has 0 spiro atoms. The smallest absolute Gasteiger partial charge is 0.277 e. The average molecular weight is 269 g/mol. The average Bonchev–Trinajstić information content (AvgIpc) is 2.78. The van der Waals surface area contributed by atoms with Gasteiger partial charge in [-0.05, 0) is 18.2 Å². The van der Waals surface area contributed by atoms with E-state index in [9.17, 15) is 4.79 Å². The Morgan fingerprint density at radius 1 is 1.53 bits per heavy atom. The van der Waals surface area contributed by atoms with Gasteiger partial charge in [0.1, 0.15) is 5.75 Å². The summed E-state index contributed by atoms with van der Waals surface area (Å²) in [5.41, 5.74) is 6.52. The Kier molecular flexibility index (Phi) is 3.31. The molecule has 88 valence electrons. The van der Waals surface area contributed by atoms with Crippen molar-refractivity contribution in [2.75, 3.05) is 7.11 Å². The van der Waals surface area contributed by atoms with Gasteiger partial charge in [-0.3, -0.25) is 4.79 Å². The van der Waals surface area contributed by atoms with Crippen LogP contribution < -0.4 is 10.5 Å². The van der Waals surface area contributed by atoms with Crippen molar-refractivity contribution in [2.45, 2.75) is 0 Å². The van der Waals surface area contributed by atoms with Crippen molar-refractivity contribution in [3.8, 4) is 17.0 Å². The van der Waals surface area contributed by atoms with Crippen LogP contribution in [-0.4, -0.2) is 18.0 Å². The van der Waals surface area contributed by atoms with Crippen LogP contribution in [-0.2, 0) is 0 Å². The highest BCUT2D eigenvalue weighted by molar-refractivity contribution is 7.12. The fourth-order valence-corrected chi connectivity index (χ4v) is 2.23. The predicted molar refractivity (Wildman–Crippen MR) is 67.6 cm³/mol. The summed E-state index contributed by atoms with van der Waals surface area (Å²) in [5, 5.41) is 2.59. The quantitative estimate of drug-likeness (QED) is 0.930. The molecule has 0 aliphatic heterocycles. The molecule has 1 heterocycles. The summed E-state index contributed by atoms with van der Waals surface area (Å²) >= 11 is 7.11. The Hall–Kier alpha value is -1.59.